The molecule has 3 nitrogen and oxygen atoms in total. The first-order valence-electron chi connectivity index (χ1n) is 9.00. The van der Waals surface area contributed by atoms with Gasteiger partial charge < -0.3 is 5.73 Å². The van der Waals surface area contributed by atoms with Crippen molar-refractivity contribution in [3.8, 4) is 0 Å². The maximum atomic E-state index is 13.1. The zero-order valence-corrected chi connectivity index (χ0v) is 15.3. The van der Waals surface area contributed by atoms with Gasteiger partial charge in [0.2, 0.25) is 0 Å². The van der Waals surface area contributed by atoms with Gasteiger partial charge >= 0.3 is 0 Å². The van der Waals surface area contributed by atoms with Crippen LogP contribution in [0.5, 0.6) is 0 Å². The molecule has 0 fully saturated rings. The lowest BCUT2D eigenvalue weighted by molar-refractivity contribution is 0.103. The van der Waals surface area contributed by atoms with Crippen molar-refractivity contribution in [1.29, 1.82) is 0 Å². The highest BCUT2D eigenvalue weighted by Crippen LogP contribution is 2.45. The minimum atomic E-state index is 0.106. The molecule has 0 saturated carbocycles. The van der Waals surface area contributed by atoms with Gasteiger partial charge in [-0.05, 0) is 23.1 Å². The quantitative estimate of drug-likeness (QED) is 0.744. The summed E-state index contributed by atoms with van der Waals surface area (Å²) in [6.45, 7) is 2.77. The predicted octanol–water partition coefficient (Wildman–Crippen LogP) is 4.22. The van der Waals surface area contributed by atoms with Gasteiger partial charge in [-0.15, -0.1) is 11.3 Å². The molecule has 1 unspecified atom stereocenters. The number of anilines is 1. The van der Waals surface area contributed by atoms with Gasteiger partial charge in [-0.3, -0.25) is 9.69 Å². The van der Waals surface area contributed by atoms with Crippen molar-refractivity contribution in [3.05, 3.63) is 87.3 Å². The minimum absolute atomic E-state index is 0.106. The lowest BCUT2D eigenvalue weighted by Gasteiger charge is -2.33. The molecule has 3 aromatic rings. The van der Waals surface area contributed by atoms with Crippen LogP contribution in [0.3, 0.4) is 0 Å². The maximum absolute atomic E-state index is 13.1. The summed E-state index contributed by atoms with van der Waals surface area (Å²) in [5.41, 5.74) is 11.6. The molecule has 130 valence electrons. The first-order valence-corrected chi connectivity index (χ1v) is 9.82. The van der Waals surface area contributed by atoms with Crippen LogP contribution in [-0.2, 0) is 19.5 Å². The average Bonchev–Trinajstić information content (AvgIpc) is 2.91. The smallest absolute Gasteiger partial charge is 0.196 e. The molecular formula is C22H20N2OS. The number of nitrogens with zero attached hydrogens (tertiary/aromatic N) is 1. The number of nitrogen functional groups attached to an aromatic ring is 1. The Balaban J connectivity index is 1.57. The second kappa shape index (κ2) is 6.08. The molecule has 0 amide bonds. The highest BCUT2D eigenvalue weighted by atomic mass is 32.1. The number of rotatable bonds is 2. The Morgan fingerprint density at radius 3 is 2.69 bits per heavy atom. The van der Waals surface area contributed by atoms with Gasteiger partial charge in [0.25, 0.3) is 0 Å². The van der Waals surface area contributed by atoms with Crippen molar-refractivity contribution in [2.75, 3.05) is 12.3 Å². The summed E-state index contributed by atoms with van der Waals surface area (Å²) in [5, 5.41) is 0.684. The number of carbonyl (C=O) groups excluding carboxylic acids is 1. The Bertz CT molecular complexity index is 993. The van der Waals surface area contributed by atoms with Gasteiger partial charge in [-0.25, -0.2) is 0 Å². The normalized spacial score (nSPS) is 18.9. The number of benzene rings is 2. The van der Waals surface area contributed by atoms with Gasteiger partial charge in [0, 0.05) is 36.0 Å². The molecule has 2 heterocycles. The average molecular weight is 360 g/mol. The summed E-state index contributed by atoms with van der Waals surface area (Å²) in [5.74, 6) is 0.438. The van der Waals surface area contributed by atoms with Gasteiger partial charge in [-0.2, -0.15) is 0 Å². The third-order valence-corrected chi connectivity index (χ3v) is 6.53. The molecule has 4 heteroatoms. The zero-order chi connectivity index (χ0) is 17.7. The molecule has 26 heavy (non-hydrogen) atoms. The minimum Gasteiger partial charge on any atom is -0.390 e. The molecule has 2 aromatic carbocycles. The monoisotopic (exact) mass is 360 g/mol. The van der Waals surface area contributed by atoms with E-state index in [0.29, 0.717) is 10.9 Å². The molecular weight excluding hydrogens is 340 g/mol. The van der Waals surface area contributed by atoms with E-state index in [0.717, 1.165) is 42.7 Å². The fourth-order valence-electron chi connectivity index (χ4n) is 4.41. The number of nitrogens with two attached hydrogens (primary N) is 1. The summed E-state index contributed by atoms with van der Waals surface area (Å²) in [6.07, 6.45) is 0.906. The van der Waals surface area contributed by atoms with Gasteiger partial charge in [0.15, 0.2) is 5.78 Å². The largest absolute Gasteiger partial charge is 0.390 e. The Labute approximate surface area is 157 Å². The number of thiophene rings is 1. The Kier molecular flexibility index (Phi) is 3.69. The summed E-state index contributed by atoms with van der Waals surface area (Å²) >= 11 is 1.60. The first-order chi connectivity index (χ1) is 12.7. The van der Waals surface area contributed by atoms with E-state index in [2.05, 4.69) is 41.3 Å². The summed E-state index contributed by atoms with van der Waals surface area (Å²) in [7, 11) is 0. The number of hydrogen-bond acceptors (Lipinski definition) is 4. The molecule has 1 aliphatic heterocycles. The van der Waals surface area contributed by atoms with Crippen LogP contribution in [0.2, 0.25) is 0 Å². The Hall–Kier alpha value is -2.43. The molecule has 5 rings (SSSR count). The van der Waals surface area contributed by atoms with Gasteiger partial charge in [0.05, 0.1) is 10.6 Å². The Morgan fingerprint density at radius 2 is 1.85 bits per heavy atom. The van der Waals surface area contributed by atoms with E-state index in [9.17, 15) is 4.79 Å². The number of hydrogen-bond donors (Lipinski definition) is 1. The summed E-state index contributed by atoms with van der Waals surface area (Å²) in [6, 6.07) is 18.6. The van der Waals surface area contributed by atoms with Crippen molar-refractivity contribution in [1.82, 2.24) is 4.90 Å². The van der Waals surface area contributed by atoms with Crippen LogP contribution in [0.1, 0.15) is 43.4 Å². The SMILES string of the molecule is Nc1sc2c3c1C(=O)c1ccccc1CC3CN(Cc1ccccc1)C2. The van der Waals surface area contributed by atoms with E-state index in [4.69, 9.17) is 5.73 Å². The van der Waals surface area contributed by atoms with Crippen LogP contribution >= 0.6 is 11.3 Å². The second-order valence-corrected chi connectivity index (χ2v) is 8.36. The van der Waals surface area contributed by atoms with Gasteiger partial charge in [-0.1, -0.05) is 54.6 Å². The number of fused-ring (bicyclic) bond motifs is 1. The predicted molar refractivity (Wildman–Crippen MR) is 106 cm³/mol. The van der Waals surface area contributed by atoms with Crippen molar-refractivity contribution in [2.24, 2.45) is 0 Å². The van der Waals surface area contributed by atoms with E-state index in [-0.39, 0.29) is 5.78 Å². The van der Waals surface area contributed by atoms with Crippen LogP contribution in [0, 0.1) is 0 Å². The topological polar surface area (TPSA) is 46.3 Å². The molecule has 1 aliphatic carbocycles. The third kappa shape index (κ3) is 2.49. The van der Waals surface area contributed by atoms with E-state index < -0.39 is 0 Å². The van der Waals surface area contributed by atoms with Crippen LogP contribution in [0.25, 0.3) is 0 Å². The van der Waals surface area contributed by atoms with E-state index in [1.165, 1.54) is 16.0 Å². The number of carbonyl (C=O) groups is 1. The molecule has 0 saturated heterocycles. The molecule has 0 spiro atoms. The van der Waals surface area contributed by atoms with Crippen LogP contribution in [0.4, 0.5) is 5.00 Å². The molecule has 0 radical (unpaired) electrons. The molecule has 2 N–H and O–H groups in total. The summed E-state index contributed by atoms with van der Waals surface area (Å²) < 4.78 is 0. The van der Waals surface area contributed by atoms with Crippen LogP contribution in [0.15, 0.2) is 54.6 Å². The van der Waals surface area contributed by atoms with E-state index in [1.807, 2.05) is 18.2 Å². The van der Waals surface area contributed by atoms with E-state index in [1.54, 1.807) is 11.3 Å². The maximum Gasteiger partial charge on any atom is 0.196 e. The Morgan fingerprint density at radius 1 is 1.08 bits per heavy atom. The third-order valence-electron chi connectivity index (χ3n) is 5.51. The molecule has 0 bridgehead atoms. The lowest BCUT2D eigenvalue weighted by atomic mass is 9.88. The van der Waals surface area contributed by atoms with E-state index >= 15 is 0 Å². The molecule has 2 aliphatic rings. The standard InChI is InChI=1S/C22H20N2OS/c23-22-20-19-16(10-15-8-4-5-9-17(15)21(20)25)12-24(13-18(19)26-22)11-14-6-2-1-3-7-14/h1-9,16H,10-13,23H2. The van der Waals surface area contributed by atoms with Crippen molar-refractivity contribution >= 4 is 22.1 Å². The van der Waals surface area contributed by atoms with Crippen molar-refractivity contribution in [3.63, 3.8) is 0 Å². The highest BCUT2D eigenvalue weighted by molar-refractivity contribution is 7.16. The fraction of sp³-hybridized carbons (Fsp3) is 0.227. The van der Waals surface area contributed by atoms with Crippen LogP contribution in [-0.4, -0.2) is 17.2 Å². The van der Waals surface area contributed by atoms with Crippen molar-refractivity contribution in [2.45, 2.75) is 25.4 Å². The fourth-order valence-corrected chi connectivity index (χ4v) is 5.61. The number of ketones is 1. The molecule has 1 atom stereocenters. The molecule has 1 aromatic heterocycles. The van der Waals surface area contributed by atoms with Crippen LogP contribution < -0.4 is 5.73 Å². The van der Waals surface area contributed by atoms with Gasteiger partial charge in [0.1, 0.15) is 0 Å². The first kappa shape index (κ1) is 15.8. The summed E-state index contributed by atoms with van der Waals surface area (Å²) in [4.78, 5) is 16.9. The van der Waals surface area contributed by atoms with Crippen molar-refractivity contribution < 1.29 is 4.79 Å². The lowest BCUT2D eigenvalue weighted by Crippen LogP contribution is -2.33. The zero-order valence-electron chi connectivity index (χ0n) is 14.4. The second-order valence-electron chi connectivity index (χ2n) is 7.22. The highest BCUT2D eigenvalue weighted by Gasteiger charge is 2.37.